The lowest BCUT2D eigenvalue weighted by Gasteiger charge is -2.20. The molecule has 0 aliphatic heterocycles. The predicted octanol–water partition coefficient (Wildman–Crippen LogP) is -0.794. The third kappa shape index (κ3) is 9.04. The van der Waals surface area contributed by atoms with Gasteiger partial charge < -0.3 is 26.8 Å². The SMILES string of the molecule is CC(C)C[C@@H](N)C(=O)N[C@H](C)C(=O)NCC(=O)N[C@@H](C(=O)O)C(C)C. The number of hydrogen-bond acceptors (Lipinski definition) is 5. The minimum atomic E-state index is -1.14. The molecule has 0 radical (unpaired) electrons. The highest BCUT2D eigenvalue weighted by molar-refractivity contribution is 5.92. The first-order valence-electron chi connectivity index (χ1n) is 8.31. The van der Waals surface area contributed by atoms with Crippen LogP contribution in [0.3, 0.4) is 0 Å². The van der Waals surface area contributed by atoms with Crippen LogP contribution in [-0.2, 0) is 19.2 Å². The number of carbonyl (C=O) groups is 4. The van der Waals surface area contributed by atoms with E-state index in [1.165, 1.54) is 6.92 Å². The van der Waals surface area contributed by atoms with Gasteiger partial charge >= 0.3 is 5.97 Å². The molecule has 0 unspecified atom stereocenters. The quantitative estimate of drug-likeness (QED) is 0.345. The Morgan fingerprint density at radius 3 is 1.96 bits per heavy atom. The summed E-state index contributed by atoms with van der Waals surface area (Å²) in [6.07, 6.45) is 0.494. The molecule has 144 valence electrons. The highest BCUT2D eigenvalue weighted by Gasteiger charge is 2.24. The number of aliphatic carboxylic acids is 1. The van der Waals surface area contributed by atoms with Gasteiger partial charge in [0.1, 0.15) is 12.1 Å². The standard InChI is InChI=1S/C16H30N4O5/c1-8(2)6-11(17)15(23)19-10(5)14(22)18-7-12(21)20-13(9(3)4)16(24)25/h8-11,13H,6-7,17H2,1-5H3,(H,18,22)(H,19,23)(H,20,21)(H,24,25)/t10-,11-,13-/m1/s1. The molecule has 0 aliphatic rings. The molecule has 0 spiro atoms. The van der Waals surface area contributed by atoms with Crippen LogP contribution < -0.4 is 21.7 Å². The van der Waals surface area contributed by atoms with E-state index in [4.69, 9.17) is 10.8 Å². The summed E-state index contributed by atoms with van der Waals surface area (Å²) in [5.74, 6) is -2.81. The van der Waals surface area contributed by atoms with Crippen molar-refractivity contribution in [2.75, 3.05) is 6.54 Å². The van der Waals surface area contributed by atoms with Crippen molar-refractivity contribution in [1.29, 1.82) is 0 Å². The molecule has 0 aromatic rings. The number of nitrogens with two attached hydrogens (primary N) is 1. The molecule has 0 aliphatic carbocycles. The molecule has 3 atom stereocenters. The third-order valence-corrected chi connectivity index (χ3v) is 3.49. The van der Waals surface area contributed by atoms with Gasteiger partial charge in [0.2, 0.25) is 17.7 Å². The Labute approximate surface area is 148 Å². The normalized spacial score (nSPS) is 14.6. The van der Waals surface area contributed by atoms with Gasteiger partial charge in [0.15, 0.2) is 0 Å². The van der Waals surface area contributed by atoms with Crippen molar-refractivity contribution in [2.24, 2.45) is 17.6 Å². The zero-order valence-electron chi connectivity index (χ0n) is 15.5. The summed E-state index contributed by atoms with van der Waals surface area (Å²) in [5, 5.41) is 16.2. The first kappa shape index (κ1) is 22.8. The van der Waals surface area contributed by atoms with Gasteiger partial charge in [-0.05, 0) is 25.2 Å². The maximum Gasteiger partial charge on any atom is 0.326 e. The van der Waals surface area contributed by atoms with Crippen molar-refractivity contribution in [3.8, 4) is 0 Å². The number of hydrogen-bond donors (Lipinski definition) is 5. The van der Waals surface area contributed by atoms with E-state index in [9.17, 15) is 19.2 Å². The molecule has 0 aromatic heterocycles. The van der Waals surface area contributed by atoms with Crippen molar-refractivity contribution in [1.82, 2.24) is 16.0 Å². The first-order valence-corrected chi connectivity index (χ1v) is 8.31. The summed E-state index contributed by atoms with van der Waals surface area (Å²) in [7, 11) is 0. The fraction of sp³-hybridized carbons (Fsp3) is 0.750. The van der Waals surface area contributed by atoms with E-state index in [0.717, 1.165) is 0 Å². The molecule has 0 heterocycles. The molecule has 0 saturated carbocycles. The Morgan fingerprint density at radius 2 is 1.52 bits per heavy atom. The van der Waals surface area contributed by atoms with Gasteiger partial charge in [-0.15, -0.1) is 0 Å². The number of carboxylic acids is 1. The average Bonchev–Trinajstić information content (AvgIpc) is 2.48. The number of rotatable bonds is 10. The number of amides is 3. The van der Waals surface area contributed by atoms with Gasteiger partial charge in [-0.25, -0.2) is 4.79 Å². The fourth-order valence-electron chi connectivity index (χ4n) is 2.06. The third-order valence-electron chi connectivity index (χ3n) is 3.49. The molecule has 0 aromatic carbocycles. The van der Waals surface area contributed by atoms with Crippen LogP contribution in [0.25, 0.3) is 0 Å². The summed E-state index contributed by atoms with van der Waals surface area (Å²) in [5.41, 5.74) is 5.74. The largest absolute Gasteiger partial charge is 0.480 e. The number of carbonyl (C=O) groups excluding carboxylic acids is 3. The van der Waals surface area contributed by atoms with Gasteiger partial charge in [0.25, 0.3) is 0 Å². The zero-order chi connectivity index (χ0) is 19.7. The van der Waals surface area contributed by atoms with Crippen LogP contribution in [0.15, 0.2) is 0 Å². The topological polar surface area (TPSA) is 151 Å². The highest BCUT2D eigenvalue weighted by atomic mass is 16.4. The van der Waals surface area contributed by atoms with Gasteiger partial charge in [0.05, 0.1) is 12.6 Å². The second kappa shape index (κ2) is 10.7. The van der Waals surface area contributed by atoms with Crippen LogP contribution in [0.5, 0.6) is 0 Å². The van der Waals surface area contributed by atoms with E-state index >= 15 is 0 Å². The molecule has 3 amide bonds. The summed E-state index contributed by atoms with van der Waals surface area (Å²) in [4.78, 5) is 46.6. The van der Waals surface area contributed by atoms with E-state index in [1.807, 2.05) is 13.8 Å². The molecule has 9 nitrogen and oxygen atoms in total. The van der Waals surface area contributed by atoms with E-state index < -0.39 is 41.8 Å². The maximum absolute atomic E-state index is 11.9. The lowest BCUT2D eigenvalue weighted by atomic mass is 10.0. The molecule has 6 N–H and O–H groups in total. The van der Waals surface area contributed by atoms with Gasteiger partial charge in [-0.1, -0.05) is 27.7 Å². The molecule has 25 heavy (non-hydrogen) atoms. The maximum atomic E-state index is 11.9. The Balaban J connectivity index is 4.38. The highest BCUT2D eigenvalue weighted by Crippen LogP contribution is 2.03. The molecule has 0 fully saturated rings. The number of nitrogens with one attached hydrogen (secondary N) is 3. The Hall–Kier alpha value is -2.16. The Kier molecular flexibility index (Phi) is 9.73. The van der Waals surface area contributed by atoms with E-state index in [2.05, 4.69) is 16.0 Å². The molecule has 0 rings (SSSR count). The summed E-state index contributed by atoms with van der Waals surface area (Å²) in [6.45, 7) is 8.28. The van der Waals surface area contributed by atoms with Crippen molar-refractivity contribution < 1.29 is 24.3 Å². The van der Waals surface area contributed by atoms with Gasteiger partial charge in [0, 0.05) is 0 Å². The average molecular weight is 358 g/mol. The molecular formula is C16H30N4O5. The van der Waals surface area contributed by atoms with E-state index in [0.29, 0.717) is 6.42 Å². The predicted molar refractivity (Wildman–Crippen MR) is 92.4 cm³/mol. The monoisotopic (exact) mass is 358 g/mol. The van der Waals surface area contributed by atoms with Crippen LogP contribution in [-0.4, -0.2) is 53.5 Å². The lowest BCUT2D eigenvalue weighted by Crippen LogP contribution is -2.53. The molecule has 9 heteroatoms. The van der Waals surface area contributed by atoms with Crippen molar-refractivity contribution in [3.05, 3.63) is 0 Å². The van der Waals surface area contributed by atoms with Crippen molar-refractivity contribution in [3.63, 3.8) is 0 Å². The van der Waals surface area contributed by atoms with Crippen LogP contribution in [0.4, 0.5) is 0 Å². The lowest BCUT2D eigenvalue weighted by molar-refractivity contribution is -0.143. The molecule has 0 bridgehead atoms. The minimum Gasteiger partial charge on any atom is -0.480 e. The van der Waals surface area contributed by atoms with E-state index in [1.54, 1.807) is 13.8 Å². The van der Waals surface area contributed by atoms with Gasteiger partial charge in [-0.2, -0.15) is 0 Å². The summed E-state index contributed by atoms with van der Waals surface area (Å²) in [6, 6.07) is -2.60. The second-order valence-electron chi connectivity index (χ2n) is 6.81. The summed E-state index contributed by atoms with van der Waals surface area (Å²) < 4.78 is 0. The van der Waals surface area contributed by atoms with E-state index in [-0.39, 0.29) is 18.4 Å². The Bertz CT molecular complexity index is 493. The fourth-order valence-corrected chi connectivity index (χ4v) is 2.06. The van der Waals surface area contributed by atoms with Crippen LogP contribution in [0.2, 0.25) is 0 Å². The number of carboxylic acid groups (broad SMARTS) is 1. The summed E-state index contributed by atoms with van der Waals surface area (Å²) >= 11 is 0. The molecule has 0 saturated heterocycles. The van der Waals surface area contributed by atoms with Crippen molar-refractivity contribution in [2.45, 2.75) is 59.2 Å². The zero-order valence-corrected chi connectivity index (χ0v) is 15.5. The minimum absolute atomic E-state index is 0.247. The van der Waals surface area contributed by atoms with Crippen molar-refractivity contribution >= 4 is 23.7 Å². The molecular weight excluding hydrogens is 328 g/mol. The van der Waals surface area contributed by atoms with Gasteiger partial charge in [-0.3, -0.25) is 14.4 Å². The second-order valence-corrected chi connectivity index (χ2v) is 6.81. The smallest absolute Gasteiger partial charge is 0.326 e. The first-order chi connectivity index (χ1) is 11.5. The van der Waals surface area contributed by atoms with Crippen LogP contribution in [0.1, 0.15) is 41.0 Å². The van der Waals surface area contributed by atoms with Crippen LogP contribution >= 0.6 is 0 Å². The Morgan fingerprint density at radius 1 is 0.960 bits per heavy atom. The van der Waals surface area contributed by atoms with Crippen LogP contribution in [0, 0.1) is 11.8 Å².